The summed E-state index contributed by atoms with van der Waals surface area (Å²) in [6.07, 6.45) is 8.76. The number of rotatable bonds is 5. The third-order valence-electron chi connectivity index (χ3n) is 6.05. The Labute approximate surface area is 156 Å². The summed E-state index contributed by atoms with van der Waals surface area (Å²) in [5, 5.41) is 0. The van der Waals surface area contributed by atoms with Crippen molar-refractivity contribution >= 4 is 5.91 Å². The molecule has 0 aliphatic carbocycles. The van der Waals surface area contributed by atoms with Gasteiger partial charge in [0.15, 0.2) is 0 Å². The maximum atomic E-state index is 12.0. The maximum Gasteiger partial charge on any atom is 0.248 e. The lowest BCUT2D eigenvalue weighted by Crippen LogP contribution is -2.44. The SMILES string of the molecule is CCc1nccc(CN2CCCC3(CC2)CCN(C(=O)COC)CC3)n1. The number of nitrogens with zero attached hydrogens (tertiary/aromatic N) is 4. The second-order valence-electron chi connectivity index (χ2n) is 7.76. The number of carbonyl (C=O) groups excluding carboxylic acids is 1. The Kier molecular flexibility index (Phi) is 6.59. The van der Waals surface area contributed by atoms with Crippen LogP contribution in [0.4, 0.5) is 0 Å². The van der Waals surface area contributed by atoms with E-state index in [0.29, 0.717) is 5.41 Å². The number of likely N-dealkylation sites (tertiary alicyclic amines) is 2. The minimum Gasteiger partial charge on any atom is -0.375 e. The highest BCUT2D eigenvalue weighted by atomic mass is 16.5. The van der Waals surface area contributed by atoms with Crippen LogP contribution in [0.5, 0.6) is 0 Å². The highest BCUT2D eigenvalue weighted by molar-refractivity contribution is 5.77. The van der Waals surface area contributed by atoms with Gasteiger partial charge in [-0.25, -0.2) is 9.97 Å². The van der Waals surface area contributed by atoms with Crippen LogP contribution in [0.1, 0.15) is 50.5 Å². The van der Waals surface area contributed by atoms with Crippen molar-refractivity contribution < 1.29 is 9.53 Å². The number of methoxy groups -OCH3 is 1. The average Bonchev–Trinajstić information content (AvgIpc) is 2.85. The number of amides is 1. The van der Waals surface area contributed by atoms with Crippen molar-refractivity contribution in [3.63, 3.8) is 0 Å². The molecule has 26 heavy (non-hydrogen) atoms. The van der Waals surface area contributed by atoms with Crippen LogP contribution in [0.25, 0.3) is 0 Å². The van der Waals surface area contributed by atoms with Crippen LogP contribution in [-0.2, 0) is 22.5 Å². The van der Waals surface area contributed by atoms with Gasteiger partial charge in [0.1, 0.15) is 12.4 Å². The lowest BCUT2D eigenvalue weighted by molar-refractivity contribution is -0.137. The Morgan fingerprint density at radius 3 is 2.69 bits per heavy atom. The number of aromatic nitrogens is 2. The van der Waals surface area contributed by atoms with Gasteiger partial charge in [0.25, 0.3) is 0 Å². The van der Waals surface area contributed by atoms with Crippen LogP contribution in [0.3, 0.4) is 0 Å². The monoisotopic (exact) mass is 360 g/mol. The molecule has 1 aromatic heterocycles. The summed E-state index contributed by atoms with van der Waals surface area (Å²) in [6.45, 7) is 7.25. The van der Waals surface area contributed by atoms with Crippen LogP contribution in [-0.4, -0.2) is 65.6 Å². The van der Waals surface area contributed by atoms with Gasteiger partial charge in [0, 0.05) is 39.4 Å². The molecule has 2 fully saturated rings. The molecule has 2 aliphatic rings. The van der Waals surface area contributed by atoms with Gasteiger partial charge in [0.2, 0.25) is 5.91 Å². The summed E-state index contributed by atoms with van der Waals surface area (Å²) < 4.78 is 4.99. The highest BCUT2D eigenvalue weighted by Crippen LogP contribution is 2.41. The van der Waals surface area contributed by atoms with E-state index in [-0.39, 0.29) is 12.5 Å². The maximum absolute atomic E-state index is 12.0. The van der Waals surface area contributed by atoms with Crippen molar-refractivity contribution in [2.45, 2.75) is 52.0 Å². The van der Waals surface area contributed by atoms with Gasteiger partial charge in [-0.3, -0.25) is 9.69 Å². The molecule has 0 atom stereocenters. The highest BCUT2D eigenvalue weighted by Gasteiger charge is 2.37. The molecular formula is C20H32N4O2. The van der Waals surface area contributed by atoms with Gasteiger partial charge in [-0.05, 0) is 56.7 Å². The fourth-order valence-corrected chi connectivity index (χ4v) is 4.34. The molecule has 3 heterocycles. The van der Waals surface area contributed by atoms with Crippen molar-refractivity contribution in [3.05, 3.63) is 23.8 Å². The summed E-state index contributed by atoms with van der Waals surface area (Å²) in [5.74, 6) is 1.06. The van der Waals surface area contributed by atoms with Crippen molar-refractivity contribution in [2.75, 3.05) is 39.9 Å². The van der Waals surface area contributed by atoms with Gasteiger partial charge in [-0.1, -0.05) is 6.92 Å². The predicted molar refractivity (Wildman–Crippen MR) is 101 cm³/mol. The van der Waals surface area contributed by atoms with Crippen LogP contribution in [0.2, 0.25) is 0 Å². The number of aryl methyl sites for hydroxylation is 1. The topological polar surface area (TPSA) is 58.6 Å². The molecule has 3 rings (SSSR count). The zero-order chi connectivity index (χ0) is 18.4. The molecule has 6 heteroatoms. The third kappa shape index (κ3) is 4.80. The van der Waals surface area contributed by atoms with Gasteiger partial charge in [-0.15, -0.1) is 0 Å². The van der Waals surface area contributed by atoms with Crippen LogP contribution >= 0.6 is 0 Å². The first-order chi connectivity index (χ1) is 12.6. The summed E-state index contributed by atoms with van der Waals surface area (Å²) >= 11 is 0. The van der Waals surface area contributed by atoms with E-state index < -0.39 is 0 Å². The average molecular weight is 361 g/mol. The zero-order valence-electron chi connectivity index (χ0n) is 16.2. The first-order valence-electron chi connectivity index (χ1n) is 9.94. The molecule has 1 aromatic rings. The normalized spacial score (nSPS) is 20.9. The van der Waals surface area contributed by atoms with Crippen LogP contribution < -0.4 is 0 Å². The van der Waals surface area contributed by atoms with E-state index >= 15 is 0 Å². The minimum atomic E-state index is 0.132. The molecule has 1 amide bonds. The van der Waals surface area contributed by atoms with E-state index in [1.807, 2.05) is 17.2 Å². The van der Waals surface area contributed by atoms with E-state index in [0.717, 1.165) is 63.5 Å². The first-order valence-corrected chi connectivity index (χ1v) is 9.94. The minimum absolute atomic E-state index is 0.132. The first kappa shape index (κ1) is 19.2. The molecule has 0 aromatic carbocycles. The molecule has 2 saturated heterocycles. The summed E-state index contributed by atoms with van der Waals surface area (Å²) in [7, 11) is 1.59. The van der Waals surface area contributed by atoms with Crippen molar-refractivity contribution in [1.82, 2.24) is 19.8 Å². The van der Waals surface area contributed by atoms with E-state index in [4.69, 9.17) is 4.74 Å². The summed E-state index contributed by atoms with van der Waals surface area (Å²) in [5.41, 5.74) is 1.55. The van der Waals surface area contributed by atoms with Gasteiger partial charge in [-0.2, -0.15) is 0 Å². The number of carbonyl (C=O) groups is 1. The zero-order valence-corrected chi connectivity index (χ0v) is 16.2. The Morgan fingerprint density at radius 1 is 1.19 bits per heavy atom. The quantitative estimate of drug-likeness (QED) is 0.806. The number of piperidine rings is 1. The molecule has 0 radical (unpaired) electrons. The number of hydrogen-bond acceptors (Lipinski definition) is 5. The second-order valence-corrected chi connectivity index (χ2v) is 7.76. The standard InChI is InChI=1S/C20H32N4O2/c1-3-18-21-10-5-17(22-18)15-23-11-4-6-20(7-12-23)8-13-24(14-9-20)19(25)16-26-2/h5,10H,3-4,6-9,11-16H2,1-2H3. The van der Waals surface area contributed by atoms with E-state index in [9.17, 15) is 4.79 Å². The smallest absolute Gasteiger partial charge is 0.248 e. The van der Waals surface area contributed by atoms with Crippen molar-refractivity contribution in [3.8, 4) is 0 Å². The van der Waals surface area contributed by atoms with Crippen molar-refractivity contribution in [1.29, 1.82) is 0 Å². The Bertz CT molecular complexity index is 599. The molecule has 6 nitrogen and oxygen atoms in total. The number of hydrogen-bond donors (Lipinski definition) is 0. The molecule has 0 saturated carbocycles. The Morgan fingerprint density at radius 2 is 1.96 bits per heavy atom. The lowest BCUT2D eigenvalue weighted by Gasteiger charge is -2.41. The molecular weight excluding hydrogens is 328 g/mol. The fraction of sp³-hybridized carbons (Fsp3) is 0.750. The molecule has 1 spiro atoms. The lowest BCUT2D eigenvalue weighted by atomic mass is 9.73. The fourth-order valence-electron chi connectivity index (χ4n) is 4.34. The second kappa shape index (κ2) is 8.91. The summed E-state index contributed by atoms with van der Waals surface area (Å²) in [6, 6.07) is 2.04. The molecule has 2 aliphatic heterocycles. The Hall–Kier alpha value is -1.53. The van der Waals surface area contributed by atoms with Crippen LogP contribution in [0.15, 0.2) is 12.3 Å². The van der Waals surface area contributed by atoms with Gasteiger partial charge < -0.3 is 9.64 Å². The molecule has 0 unspecified atom stereocenters. The van der Waals surface area contributed by atoms with E-state index in [2.05, 4.69) is 21.8 Å². The summed E-state index contributed by atoms with van der Waals surface area (Å²) in [4.78, 5) is 25.5. The van der Waals surface area contributed by atoms with Crippen molar-refractivity contribution in [2.24, 2.45) is 5.41 Å². The van der Waals surface area contributed by atoms with Gasteiger partial charge >= 0.3 is 0 Å². The Balaban J connectivity index is 1.53. The molecule has 0 N–H and O–H groups in total. The number of ether oxygens (including phenoxy) is 1. The predicted octanol–water partition coefficient (Wildman–Crippen LogP) is 2.28. The van der Waals surface area contributed by atoms with Gasteiger partial charge in [0.05, 0.1) is 5.69 Å². The third-order valence-corrected chi connectivity index (χ3v) is 6.05. The van der Waals surface area contributed by atoms with E-state index in [1.165, 1.54) is 19.3 Å². The van der Waals surface area contributed by atoms with Crippen LogP contribution in [0, 0.1) is 5.41 Å². The molecule has 0 bridgehead atoms. The van der Waals surface area contributed by atoms with E-state index in [1.54, 1.807) is 7.11 Å². The molecule has 144 valence electrons. The largest absolute Gasteiger partial charge is 0.375 e.